The number of aromatic nitrogens is 3. The highest BCUT2D eigenvalue weighted by Gasteiger charge is 2.29. The van der Waals surface area contributed by atoms with Crippen LogP contribution in [0, 0.1) is 20.8 Å². The number of thioether (sulfide) groups is 1. The maximum atomic E-state index is 4.42. The molecule has 0 unspecified atom stereocenters. The van der Waals surface area contributed by atoms with Crippen molar-refractivity contribution in [3.63, 3.8) is 0 Å². The van der Waals surface area contributed by atoms with Crippen LogP contribution in [-0.4, -0.2) is 14.8 Å². The first kappa shape index (κ1) is 14.6. The lowest BCUT2D eigenvalue weighted by molar-refractivity contribution is 0.643. The third kappa shape index (κ3) is 3.00. The van der Waals surface area contributed by atoms with Crippen molar-refractivity contribution in [2.45, 2.75) is 63.9 Å². The fourth-order valence-corrected chi connectivity index (χ4v) is 4.13. The number of hydrogen-bond donors (Lipinski definition) is 0. The van der Waals surface area contributed by atoms with E-state index in [1.165, 1.54) is 40.9 Å². The fourth-order valence-electron chi connectivity index (χ4n) is 2.92. The van der Waals surface area contributed by atoms with Crippen molar-refractivity contribution in [1.29, 1.82) is 0 Å². The van der Waals surface area contributed by atoms with Crippen molar-refractivity contribution in [1.82, 2.24) is 14.8 Å². The number of rotatable bonds is 5. The molecule has 0 saturated heterocycles. The highest BCUT2D eigenvalue weighted by atomic mass is 32.2. The molecule has 0 aliphatic heterocycles. The van der Waals surface area contributed by atoms with Gasteiger partial charge in [-0.25, -0.2) is 0 Å². The zero-order chi connectivity index (χ0) is 15.0. The first-order valence-electron chi connectivity index (χ1n) is 7.72. The Morgan fingerprint density at radius 1 is 1.14 bits per heavy atom. The van der Waals surface area contributed by atoms with Crippen LogP contribution >= 0.6 is 11.8 Å². The third-order valence-electron chi connectivity index (χ3n) is 4.19. The van der Waals surface area contributed by atoms with Gasteiger partial charge >= 0.3 is 0 Å². The van der Waals surface area contributed by atoms with Crippen LogP contribution in [0.15, 0.2) is 17.3 Å². The molecule has 0 amide bonds. The molecule has 1 aliphatic carbocycles. The summed E-state index contributed by atoms with van der Waals surface area (Å²) >= 11 is 1.81. The van der Waals surface area contributed by atoms with Crippen molar-refractivity contribution in [2.24, 2.45) is 0 Å². The molecule has 3 nitrogen and oxygen atoms in total. The van der Waals surface area contributed by atoms with Gasteiger partial charge in [0.2, 0.25) is 0 Å². The SMILES string of the molecule is CCn1c(SCc2c(C)cc(C)cc2C)nnc1C1CC1. The zero-order valence-electron chi connectivity index (χ0n) is 13.3. The molecule has 21 heavy (non-hydrogen) atoms. The van der Waals surface area contributed by atoms with Crippen LogP contribution in [0.5, 0.6) is 0 Å². The minimum Gasteiger partial charge on any atom is -0.306 e. The maximum absolute atomic E-state index is 4.42. The van der Waals surface area contributed by atoms with Crippen LogP contribution in [-0.2, 0) is 12.3 Å². The summed E-state index contributed by atoms with van der Waals surface area (Å²) in [5, 5.41) is 9.90. The van der Waals surface area contributed by atoms with Gasteiger partial charge < -0.3 is 4.57 Å². The topological polar surface area (TPSA) is 30.7 Å². The summed E-state index contributed by atoms with van der Waals surface area (Å²) in [7, 11) is 0. The van der Waals surface area contributed by atoms with E-state index in [1.54, 1.807) is 0 Å². The fraction of sp³-hybridized carbons (Fsp3) is 0.529. The van der Waals surface area contributed by atoms with E-state index in [0.717, 1.165) is 17.5 Å². The van der Waals surface area contributed by atoms with Gasteiger partial charge in [-0.2, -0.15) is 0 Å². The van der Waals surface area contributed by atoms with E-state index in [0.29, 0.717) is 5.92 Å². The normalized spacial score (nSPS) is 14.7. The maximum Gasteiger partial charge on any atom is 0.191 e. The van der Waals surface area contributed by atoms with Gasteiger partial charge in [-0.3, -0.25) is 0 Å². The number of benzene rings is 1. The van der Waals surface area contributed by atoms with Gasteiger partial charge in [0.05, 0.1) is 0 Å². The van der Waals surface area contributed by atoms with Crippen molar-refractivity contribution < 1.29 is 0 Å². The second-order valence-electron chi connectivity index (χ2n) is 6.03. The molecule has 3 rings (SSSR count). The molecule has 0 N–H and O–H groups in total. The van der Waals surface area contributed by atoms with E-state index in [4.69, 9.17) is 0 Å². The Bertz CT molecular complexity index is 633. The summed E-state index contributed by atoms with van der Waals surface area (Å²) < 4.78 is 2.29. The summed E-state index contributed by atoms with van der Waals surface area (Å²) in [4.78, 5) is 0. The first-order valence-corrected chi connectivity index (χ1v) is 8.71. The Kier molecular flexibility index (Phi) is 4.07. The van der Waals surface area contributed by atoms with Crippen LogP contribution in [0.2, 0.25) is 0 Å². The molecule has 0 atom stereocenters. The minimum atomic E-state index is 0.662. The second kappa shape index (κ2) is 5.84. The lowest BCUT2D eigenvalue weighted by Gasteiger charge is -2.11. The predicted octanol–water partition coefficient (Wildman–Crippen LogP) is 4.39. The van der Waals surface area contributed by atoms with Gasteiger partial charge in [0.25, 0.3) is 0 Å². The summed E-state index contributed by atoms with van der Waals surface area (Å²) in [5.41, 5.74) is 5.53. The van der Waals surface area contributed by atoms with Crippen LogP contribution in [0.3, 0.4) is 0 Å². The second-order valence-corrected chi connectivity index (χ2v) is 6.97. The molecule has 1 aromatic heterocycles. The number of aryl methyl sites for hydroxylation is 3. The van der Waals surface area contributed by atoms with Gasteiger partial charge in [-0.1, -0.05) is 29.5 Å². The van der Waals surface area contributed by atoms with Gasteiger partial charge in [0, 0.05) is 18.2 Å². The molecule has 112 valence electrons. The predicted molar refractivity (Wildman–Crippen MR) is 87.9 cm³/mol. The van der Waals surface area contributed by atoms with E-state index >= 15 is 0 Å². The number of nitrogens with zero attached hydrogens (tertiary/aromatic N) is 3. The molecule has 1 aliphatic rings. The molecule has 4 heteroatoms. The van der Waals surface area contributed by atoms with Crippen molar-refractivity contribution in [3.8, 4) is 0 Å². The van der Waals surface area contributed by atoms with Gasteiger partial charge in [-0.15, -0.1) is 10.2 Å². The monoisotopic (exact) mass is 301 g/mol. The van der Waals surface area contributed by atoms with Gasteiger partial charge in [0.1, 0.15) is 5.82 Å². The highest BCUT2D eigenvalue weighted by molar-refractivity contribution is 7.98. The molecule has 2 aromatic rings. The van der Waals surface area contributed by atoms with Crippen molar-refractivity contribution in [2.75, 3.05) is 0 Å². The summed E-state index contributed by atoms with van der Waals surface area (Å²) in [6.45, 7) is 9.72. The van der Waals surface area contributed by atoms with Crippen molar-refractivity contribution in [3.05, 3.63) is 40.2 Å². The van der Waals surface area contributed by atoms with E-state index in [2.05, 4.69) is 54.6 Å². The Labute approximate surface area is 131 Å². The van der Waals surface area contributed by atoms with Gasteiger partial charge in [0.15, 0.2) is 5.16 Å². The zero-order valence-corrected chi connectivity index (χ0v) is 14.1. The van der Waals surface area contributed by atoms with E-state index in [9.17, 15) is 0 Å². The minimum absolute atomic E-state index is 0.662. The summed E-state index contributed by atoms with van der Waals surface area (Å²) in [6.07, 6.45) is 2.55. The third-order valence-corrected chi connectivity index (χ3v) is 5.18. The van der Waals surface area contributed by atoms with E-state index < -0.39 is 0 Å². The van der Waals surface area contributed by atoms with Crippen molar-refractivity contribution >= 4 is 11.8 Å². The molecular formula is C17H23N3S. The quantitative estimate of drug-likeness (QED) is 0.767. The Hall–Kier alpha value is -1.29. The molecule has 1 saturated carbocycles. The van der Waals surface area contributed by atoms with Gasteiger partial charge in [-0.05, 0) is 57.2 Å². The van der Waals surface area contributed by atoms with Crippen LogP contribution in [0.25, 0.3) is 0 Å². The van der Waals surface area contributed by atoms with Crippen LogP contribution < -0.4 is 0 Å². The lowest BCUT2D eigenvalue weighted by Crippen LogP contribution is -2.02. The van der Waals surface area contributed by atoms with E-state index in [-0.39, 0.29) is 0 Å². The Morgan fingerprint density at radius 3 is 2.38 bits per heavy atom. The first-order chi connectivity index (χ1) is 10.1. The molecule has 1 heterocycles. The highest BCUT2D eigenvalue weighted by Crippen LogP contribution is 2.40. The largest absolute Gasteiger partial charge is 0.306 e. The molecule has 1 fully saturated rings. The van der Waals surface area contributed by atoms with E-state index in [1.807, 2.05) is 11.8 Å². The van der Waals surface area contributed by atoms with Crippen LogP contribution in [0.4, 0.5) is 0 Å². The average Bonchev–Trinajstić information content (AvgIpc) is 3.18. The average molecular weight is 301 g/mol. The lowest BCUT2D eigenvalue weighted by atomic mass is 10.0. The molecule has 0 spiro atoms. The molecule has 1 aromatic carbocycles. The smallest absolute Gasteiger partial charge is 0.191 e. The molecular weight excluding hydrogens is 278 g/mol. The summed E-state index contributed by atoms with van der Waals surface area (Å²) in [6, 6.07) is 4.53. The molecule has 0 radical (unpaired) electrons. The molecule has 0 bridgehead atoms. The summed E-state index contributed by atoms with van der Waals surface area (Å²) in [5.74, 6) is 2.83. The Morgan fingerprint density at radius 2 is 1.81 bits per heavy atom. The Balaban J connectivity index is 1.79. The van der Waals surface area contributed by atoms with Crippen LogP contribution in [0.1, 0.15) is 53.8 Å². The standard InChI is InChI=1S/C17H23N3S/c1-5-20-16(14-6-7-14)18-19-17(20)21-10-15-12(3)8-11(2)9-13(15)4/h8-9,14H,5-7,10H2,1-4H3. The number of hydrogen-bond acceptors (Lipinski definition) is 3.